The largest absolute Gasteiger partial charge is 0.507 e. The summed E-state index contributed by atoms with van der Waals surface area (Å²) in [7, 11) is 0. The lowest BCUT2D eigenvalue weighted by Crippen LogP contribution is -2.64. The zero-order valence-electron chi connectivity index (χ0n) is 31.0. The first-order valence-electron chi connectivity index (χ1n) is 18.1. The van der Waals surface area contributed by atoms with Crippen LogP contribution in [0.5, 0.6) is 34.5 Å². The number of hydrogen-bond acceptors (Lipinski definition) is 22. The number of carbonyl (C=O) groups excluding carboxylic acids is 1. The van der Waals surface area contributed by atoms with E-state index in [0.717, 1.165) is 30.3 Å². The number of aliphatic hydroxyl groups is 9. The maximum Gasteiger partial charge on any atom is 0.402 e. The van der Waals surface area contributed by atoms with Crippen molar-refractivity contribution in [3.8, 4) is 45.8 Å². The van der Waals surface area contributed by atoms with Crippen LogP contribution in [-0.2, 0) is 33.3 Å². The minimum absolute atomic E-state index is 0.179. The molecule has 4 heterocycles. The minimum Gasteiger partial charge on any atom is -0.507 e. The van der Waals surface area contributed by atoms with Crippen LogP contribution in [0.2, 0.25) is 0 Å². The number of carbonyl (C=O) groups is 2. The number of carboxylic acid groups (broad SMARTS) is 1. The zero-order valence-corrected chi connectivity index (χ0v) is 31.0. The van der Waals surface area contributed by atoms with Crippen LogP contribution >= 0.6 is 0 Å². The second-order valence-corrected chi connectivity index (χ2v) is 14.1. The molecule has 15 atom stereocenters. The molecule has 3 fully saturated rings. The molecule has 3 aliphatic heterocycles. The highest BCUT2D eigenvalue weighted by Crippen LogP contribution is 2.45. The lowest BCUT2D eigenvalue weighted by atomic mass is 9.97. The predicted molar refractivity (Wildman–Crippen MR) is 189 cm³/mol. The fourth-order valence-electron chi connectivity index (χ4n) is 6.60. The van der Waals surface area contributed by atoms with Crippen molar-refractivity contribution in [2.45, 2.75) is 105 Å². The number of hydrogen-bond donors (Lipinski definition) is 14. The number of carboxylic acids is 1. The summed E-state index contributed by atoms with van der Waals surface area (Å²) in [5.74, 6) is -7.15. The summed E-state index contributed by atoms with van der Waals surface area (Å²) in [6.45, 7) is -0.291. The van der Waals surface area contributed by atoms with Crippen molar-refractivity contribution in [2.24, 2.45) is 0 Å². The maximum atomic E-state index is 11.8. The van der Waals surface area contributed by atoms with Crippen LogP contribution < -0.4 is 9.47 Å². The first-order valence-corrected chi connectivity index (χ1v) is 18.1. The summed E-state index contributed by atoms with van der Waals surface area (Å²) in [6.07, 6.45) is -27.2. The Bertz CT molecular complexity index is 2010. The molecule has 2 aromatic carbocycles. The quantitative estimate of drug-likeness (QED) is 0.0363. The van der Waals surface area contributed by atoms with Gasteiger partial charge >= 0.3 is 23.3 Å². The van der Waals surface area contributed by atoms with E-state index in [1.165, 1.54) is 6.92 Å². The number of ether oxygens (including phenoxy) is 7. The van der Waals surface area contributed by atoms with E-state index in [0.29, 0.717) is 0 Å². The molecule has 24 nitrogen and oxygen atoms in total. The van der Waals surface area contributed by atoms with Gasteiger partial charge in [0.05, 0.1) is 24.3 Å². The molecule has 0 bridgehead atoms. The number of aromatic hydroxyl groups is 4. The van der Waals surface area contributed by atoms with Crippen LogP contribution in [0.1, 0.15) is 13.3 Å². The number of aliphatic hydroxyl groups excluding tert-OH is 9. The monoisotopic (exact) mass is 859 g/mol. The highest BCUT2D eigenvalue weighted by Gasteiger charge is 2.52. The van der Waals surface area contributed by atoms with Crippen LogP contribution in [0.15, 0.2) is 34.7 Å². The molecule has 0 amide bonds. The van der Waals surface area contributed by atoms with E-state index in [9.17, 15) is 76.0 Å². The van der Waals surface area contributed by atoms with Gasteiger partial charge in [-0.15, -0.1) is 0 Å². The SMILES string of the molecule is CC1O[C@@H](OC2[C@H](Oc3cc4c(O)cc(O[C@@H]5OC(COC(=O)CC(=O)O)[C@@H](O)[C@H](O)C5O)cc4[o+]c3-c3cc(O)c(O)c(O)c3)OC(CO)[C@@H](O)[C@@H]2O)[C@@H](O)C(O)[C@H]1O. The van der Waals surface area contributed by atoms with E-state index in [1.54, 1.807) is 0 Å². The number of fused-ring (bicyclic) bond motifs is 1. The summed E-state index contributed by atoms with van der Waals surface area (Å²) in [4.78, 5) is 22.6. The summed E-state index contributed by atoms with van der Waals surface area (Å²) >= 11 is 0. The van der Waals surface area contributed by atoms with Gasteiger partial charge in [-0.3, -0.25) is 9.59 Å². The van der Waals surface area contributed by atoms with Crippen molar-refractivity contribution in [3.63, 3.8) is 0 Å². The second-order valence-electron chi connectivity index (χ2n) is 14.1. The molecule has 6 rings (SSSR count). The number of phenols is 4. The molecule has 60 heavy (non-hydrogen) atoms. The molecular formula is C36H43O24+. The van der Waals surface area contributed by atoms with E-state index in [1.807, 2.05) is 0 Å². The van der Waals surface area contributed by atoms with Gasteiger partial charge in [0.15, 0.2) is 29.6 Å². The Hall–Kier alpha value is -4.93. The topological polar surface area (TPSA) is 393 Å². The molecule has 0 aliphatic carbocycles. The van der Waals surface area contributed by atoms with E-state index in [4.69, 9.17) is 42.7 Å². The van der Waals surface area contributed by atoms with E-state index in [-0.39, 0.29) is 22.3 Å². The van der Waals surface area contributed by atoms with Crippen molar-refractivity contribution >= 4 is 22.9 Å². The molecular weight excluding hydrogens is 816 g/mol. The van der Waals surface area contributed by atoms with Gasteiger partial charge in [0.1, 0.15) is 91.0 Å². The smallest absolute Gasteiger partial charge is 0.402 e. The van der Waals surface area contributed by atoms with Gasteiger partial charge in [-0.05, 0) is 6.92 Å². The van der Waals surface area contributed by atoms with Gasteiger partial charge in [-0.2, -0.15) is 0 Å². The van der Waals surface area contributed by atoms with Crippen LogP contribution in [0.4, 0.5) is 0 Å². The highest BCUT2D eigenvalue weighted by atomic mass is 16.8. The Labute approximate surface area is 336 Å². The lowest BCUT2D eigenvalue weighted by Gasteiger charge is -2.45. The third-order valence-electron chi connectivity index (χ3n) is 9.93. The summed E-state index contributed by atoms with van der Waals surface area (Å²) in [5.41, 5.74) is -0.496. The average molecular weight is 860 g/mol. The second kappa shape index (κ2) is 18.0. The molecule has 3 saturated heterocycles. The molecule has 14 N–H and O–H groups in total. The van der Waals surface area contributed by atoms with Crippen LogP contribution in [0.25, 0.3) is 22.3 Å². The van der Waals surface area contributed by atoms with Gasteiger partial charge in [0, 0.05) is 24.3 Å². The number of aliphatic carboxylic acids is 1. The first-order chi connectivity index (χ1) is 28.3. The Balaban J connectivity index is 1.36. The first kappa shape index (κ1) is 44.6. The summed E-state index contributed by atoms with van der Waals surface area (Å²) < 4.78 is 45.0. The molecule has 3 aliphatic rings. The Morgan fingerprint density at radius 1 is 0.683 bits per heavy atom. The number of benzene rings is 2. The molecule has 24 heteroatoms. The van der Waals surface area contributed by atoms with E-state index < -0.39 is 158 Å². The normalized spacial score (nSPS) is 34.5. The van der Waals surface area contributed by atoms with Crippen LogP contribution in [0, 0.1) is 0 Å². The van der Waals surface area contributed by atoms with Gasteiger partial charge in [0.25, 0.3) is 0 Å². The van der Waals surface area contributed by atoms with Gasteiger partial charge in [-0.1, -0.05) is 0 Å². The van der Waals surface area contributed by atoms with Crippen LogP contribution in [-0.4, -0.2) is 189 Å². The zero-order chi connectivity index (χ0) is 43.9. The Kier molecular flexibility index (Phi) is 13.4. The molecule has 0 radical (unpaired) electrons. The molecule has 1 aromatic heterocycles. The Morgan fingerprint density at radius 3 is 1.95 bits per heavy atom. The van der Waals surface area contributed by atoms with Crippen molar-refractivity contribution in [1.29, 1.82) is 0 Å². The lowest BCUT2D eigenvalue weighted by molar-refractivity contribution is -0.354. The van der Waals surface area contributed by atoms with Crippen molar-refractivity contribution < 1.29 is 119 Å². The molecule has 0 spiro atoms. The maximum absolute atomic E-state index is 11.8. The fourth-order valence-corrected chi connectivity index (χ4v) is 6.60. The molecule has 0 saturated carbocycles. The van der Waals surface area contributed by atoms with Crippen molar-refractivity contribution in [3.05, 3.63) is 30.3 Å². The van der Waals surface area contributed by atoms with Gasteiger partial charge < -0.3 is 105 Å². The number of esters is 1. The summed E-state index contributed by atoms with van der Waals surface area (Å²) in [6, 6.07) is 5.04. The third kappa shape index (κ3) is 9.05. The Morgan fingerprint density at radius 2 is 1.30 bits per heavy atom. The highest BCUT2D eigenvalue weighted by molar-refractivity contribution is 5.90. The number of rotatable bonds is 12. The standard InChI is InChI=1S/C36H42O24/c1-10-23(44)27(48)30(51)34(54-10)60-33-29(50)25(46)19(8-37)58-36(33)57-18-6-13-14(38)4-12(5-17(13)56-32(18)11-2-15(39)24(45)16(40)3-11)55-35-31(52)28(49)26(47)20(59-35)9-53-22(43)7-21(41)42/h2-6,10,19-20,23,25-31,33-37,44,46-52H,7-9H2,1H3,(H4-,38,39,40,41,42,45)/p+1/t10?,19?,20?,23-,25+,26+,27?,28-,29-,30-,31?,33?,34-,35+,36+/m0/s1. The van der Waals surface area contributed by atoms with E-state index >= 15 is 0 Å². The van der Waals surface area contributed by atoms with Gasteiger partial charge in [0.2, 0.25) is 18.3 Å². The van der Waals surface area contributed by atoms with Crippen molar-refractivity contribution in [1.82, 2.24) is 0 Å². The van der Waals surface area contributed by atoms with Gasteiger partial charge in [-0.25, -0.2) is 4.42 Å². The molecule has 330 valence electrons. The van der Waals surface area contributed by atoms with Crippen LogP contribution in [0.3, 0.4) is 0 Å². The fraction of sp³-hybridized carbons (Fsp3) is 0.528. The summed E-state index contributed by atoms with van der Waals surface area (Å²) in [5, 5.41) is 145. The van der Waals surface area contributed by atoms with Crippen molar-refractivity contribution in [2.75, 3.05) is 13.2 Å². The molecule has 6 unspecified atom stereocenters. The van der Waals surface area contributed by atoms with E-state index in [2.05, 4.69) is 0 Å². The average Bonchev–Trinajstić information content (AvgIpc) is 3.19. The third-order valence-corrected chi connectivity index (χ3v) is 9.93. The number of phenolic OH excluding ortho intramolecular Hbond substituents is 4. The molecule has 3 aromatic rings. The minimum atomic E-state index is -1.96. The predicted octanol–water partition coefficient (Wildman–Crippen LogP) is -3.56.